The second kappa shape index (κ2) is 4.80. The van der Waals surface area contributed by atoms with Crippen LogP contribution in [-0.2, 0) is 13.5 Å². The number of aromatic nitrogens is 7. The van der Waals surface area contributed by atoms with Gasteiger partial charge in [0.15, 0.2) is 11.6 Å². The molecule has 7 heteroatoms. The Morgan fingerprint density at radius 2 is 2.09 bits per heavy atom. The molecule has 0 radical (unpaired) electrons. The van der Waals surface area contributed by atoms with Gasteiger partial charge in [-0.3, -0.25) is 4.68 Å². The minimum absolute atomic E-state index is 0.787. The normalized spacial score (nSPS) is 11.4. The van der Waals surface area contributed by atoms with Crippen LogP contribution in [0.2, 0.25) is 0 Å². The molecule has 0 atom stereocenters. The molecule has 4 rings (SSSR count). The van der Waals surface area contributed by atoms with E-state index in [0.717, 1.165) is 34.8 Å². The van der Waals surface area contributed by atoms with E-state index >= 15 is 0 Å². The maximum Gasteiger partial charge on any atom is 0.163 e. The van der Waals surface area contributed by atoms with Crippen LogP contribution >= 0.6 is 0 Å². The van der Waals surface area contributed by atoms with Crippen molar-refractivity contribution in [2.24, 2.45) is 7.05 Å². The lowest BCUT2D eigenvalue weighted by atomic mass is 10.2. The smallest absolute Gasteiger partial charge is 0.163 e. The number of nitrogens with zero attached hydrogens (tertiary/aromatic N) is 7. The first-order valence-electron chi connectivity index (χ1n) is 7.13. The molecule has 0 saturated heterocycles. The fourth-order valence-corrected chi connectivity index (χ4v) is 2.45. The topological polar surface area (TPSA) is 65.8 Å². The lowest BCUT2D eigenvalue weighted by Crippen LogP contribution is -1.99. The summed E-state index contributed by atoms with van der Waals surface area (Å²) >= 11 is 0. The van der Waals surface area contributed by atoms with Gasteiger partial charge in [0.2, 0.25) is 0 Å². The highest BCUT2D eigenvalue weighted by Crippen LogP contribution is 2.22. The van der Waals surface area contributed by atoms with Gasteiger partial charge in [-0.25, -0.2) is 14.2 Å². The molecule has 7 nitrogen and oxygen atoms in total. The zero-order valence-electron chi connectivity index (χ0n) is 12.4. The standard InChI is InChI=1S/C15H15N7/c1-3-14-18-15(22(19-14)13-9-17-20(2)10-13)11-5-7-21-12(8-11)4-6-16-21/h4-10H,3H2,1-2H3. The Hall–Kier alpha value is -2.96. The van der Waals surface area contributed by atoms with E-state index in [1.54, 1.807) is 17.1 Å². The molecule has 22 heavy (non-hydrogen) atoms. The van der Waals surface area contributed by atoms with Crippen molar-refractivity contribution in [3.63, 3.8) is 0 Å². The van der Waals surface area contributed by atoms with Gasteiger partial charge >= 0.3 is 0 Å². The molecule has 0 saturated carbocycles. The molecule has 0 bridgehead atoms. The van der Waals surface area contributed by atoms with E-state index in [9.17, 15) is 0 Å². The fourth-order valence-electron chi connectivity index (χ4n) is 2.45. The molecule has 4 aromatic rings. The average molecular weight is 293 g/mol. The van der Waals surface area contributed by atoms with Crippen molar-refractivity contribution >= 4 is 5.52 Å². The average Bonchev–Trinajstić information content (AvgIpc) is 3.24. The third-order valence-corrected chi connectivity index (χ3v) is 3.56. The first-order valence-corrected chi connectivity index (χ1v) is 7.13. The molecule has 4 aromatic heterocycles. The van der Waals surface area contributed by atoms with Gasteiger partial charge in [0, 0.05) is 31.4 Å². The number of hydrogen-bond donors (Lipinski definition) is 0. The van der Waals surface area contributed by atoms with Gasteiger partial charge in [0.05, 0.1) is 17.9 Å². The molecule has 0 aliphatic heterocycles. The van der Waals surface area contributed by atoms with Crippen molar-refractivity contribution in [2.75, 3.05) is 0 Å². The van der Waals surface area contributed by atoms with E-state index in [1.807, 2.05) is 47.7 Å². The van der Waals surface area contributed by atoms with Crippen LogP contribution in [0.15, 0.2) is 43.0 Å². The third-order valence-electron chi connectivity index (χ3n) is 3.56. The zero-order chi connectivity index (χ0) is 15.1. The van der Waals surface area contributed by atoms with Crippen LogP contribution in [0.25, 0.3) is 22.6 Å². The molecule has 0 amide bonds. The molecule has 0 fully saturated rings. The van der Waals surface area contributed by atoms with Crippen molar-refractivity contribution in [1.29, 1.82) is 0 Å². The Bertz CT molecular complexity index is 944. The molecular formula is C15H15N7. The summed E-state index contributed by atoms with van der Waals surface area (Å²) in [6.45, 7) is 2.05. The first-order chi connectivity index (χ1) is 10.7. The lowest BCUT2D eigenvalue weighted by Gasteiger charge is -2.03. The lowest BCUT2D eigenvalue weighted by molar-refractivity contribution is 0.765. The molecular weight excluding hydrogens is 278 g/mol. The van der Waals surface area contributed by atoms with Gasteiger partial charge in [-0.2, -0.15) is 15.3 Å². The highest BCUT2D eigenvalue weighted by Gasteiger charge is 2.14. The molecule has 0 aromatic carbocycles. The largest absolute Gasteiger partial charge is 0.274 e. The Morgan fingerprint density at radius 1 is 1.18 bits per heavy atom. The summed E-state index contributed by atoms with van der Waals surface area (Å²) in [7, 11) is 1.89. The van der Waals surface area contributed by atoms with Crippen LogP contribution in [0, 0.1) is 0 Å². The van der Waals surface area contributed by atoms with Crippen molar-refractivity contribution < 1.29 is 0 Å². The van der Waals surface area contributed by atoms with Crippen molar-refractivity contribution in [2.45, 2.75) is 13.3 Å². The van der Waals surface area contributed by atoms with Crippen LogP contribution in [0.4, 0.5) is 0 Å². The summed E-state index contributed by atoms with van der Waals surface area (Å²) in [5, 5.41) is 13.0. The van der Waals surface area contributed by atoms with Crippen LogP contribution in [-0.4, -0.2) is 34.2 Å². The predicted octanol–water partition coefficient (Wildman–Crippen LogP) is 1.88. The fraction of sp³-hybridized carbons (Fsp3) is 0.200. The van der Waals surface area contributed by atoms with Gasteiger partial charge in [-0.1, -0.05) is 6.92 Å². The third kappa shape index (κ3) is 1.98. The Morgan fingerprint density at radius 3 is 2.86 bits per heavy atom. The number of hydrogen-bond acceptors (Lipinski definition) is 4. The van der Waals surface area contributed by atoms with Crippen LogP contribution in [0.1, 0.15) is 12.7 Å². The Kier molecular flexibility index (Phi) is 2.78. The molecule has 110 valence electrons. The van der Waals surface area contributed by atoms with Crippen LogP contribution in [0.5, 0.6) is 0 Å². The van der Waals surface area contributed by atoms with E-state index in [2.05, 4.69) is 26.3 Å². The van der Waals surface area contributed by atoms with E-state index < -0.39 is 0 Å². The van der Waals surface area contributed by atoms with Crippen molar-refractivity contribution in [1.82, 2.24) is 34.2 Å². The molecule has 0 aliphatic rings. The van der Waals surface area contributed by atoms with Crippen molar-refractivity contribution in [3.05, 3.63) is 48.8 Å². The van der Waals surface area contributed by atoms with Gasteiger partial charge in [0.1, 0.15) is 5.69 Å². The number of fused-ring (bicyclic) bond motifs is 1. The number of aryl methyl sites for hydroxylation is 2. The number of rotatable bonds is 3. The predicted molar refractivity (Wildman–Crippen MR) is 81.7 cm³/mol. The van der Waals surface area contributed by atoms with Gasteiger partial charge in [-0.05, 0) is 18.2 Å². The quantitative estimate of drug-likeness (QED) is 0.578. The Balaban J connectivity index is 1.91. The zero-order valence-corrected chi connectivity index (χ0v) is 12.4. The summed E-state index contributed by atoms with van der Waals surface area (Å²) in [6.07, 6.45) is 8.21. The van der Waals surface area contributed by atoms with Crippen molar-refractivity contribution in [3.8, 4) is 17.1 Å². The second-order valence-corrected chi connectivity index (χ2v) is 5.11. The summed E-state index contributed by atoms with van der Waals surface area (Å²) in [5.41, 5.74) is 2.93. The summed E-state index contributed by atoms with van der Waals surface area (Å²) in [5.74, 6) is 1.63. The molecule has 0 unspecified atom stereocenters. The SMILES string of the molecule is CCc1nc(-c2ccn3nccc3c2)n(-c2cnn(C)c2)n1. The first kappa shape index (κ1) is 12.8. The van der Waals surface area contributed by atoms with E-state index in [1.165, 1.54) is 0 Å². The summed E-state index contributed by atoms with van der Waals surface area (Å²) in [4.78, 5) is 4.66. The maximum absolute atomic E-state index is 4.66. The summed E-state index contributed by atoms with van der Waals surface area (Å²) < 4.78 is 5.43. The van der Waals surface area contributed by atoms with Gasteiger partial charge in [0.25, 0.3) is 0 Å². The van der Waals surface area contributed by atoms with Gasteiger partial charge in [-0.15, -0.1) is 0 Å². The van der Waals surface area contributed by atoms with E-state index in [4.69, 9.17) is 0 Å². The van der Waals surface area contributed by atoms with E-state index in [-0.39, 0.29) is 0 Å². The molecule has 0 spiro atoms. The molecule has 0 aliphatic carbocycles. The monoisotopic (exact) mass is 293 g/mol. The van der Waals surface area contributed by atoms with Crippen LogP contribution in [0.3, 0.4) is 0 Å². The van der Waals surface area contributed by atoms with E-state index in [0.29, 0.717) is 0 Å². The molecule has 0 N–H and O–H groups in total. The second-order valence-electron chi connectivity index (χ2n) is 5.11. The number of pyridine rings is 1. The van der Waals surface area contributed by atoms with Crippen LogP contribution < -0.4 is 0 Å². The molecule has 4 heterocycles. The maximum atomic E-state index is 4.66. The minimum Gasteiger partial charge on any atom is -0.274 e. The minimum atomic E-state index is 0.787. The highest BCUT2D eigenvalue weighted by molar-refractivity contribution is 5.64. The Labute approximate surface area is 126 Å². The van der Waals surface area contributed by atoms with Gasteiger partial charge < -0.3 is 0 Å². The highest BCUT2D eigenvalue weighted by atomic mass is 15.4. The summed E-state index contributed by atoms with van der Waals surface area (Å²) in [6, 6.07) is 6.02.